The van der Waals surface area contributed by atoms with Crippen LogP contribution in [0.4, 0.5) is 4.79 Å². The molecule has 2 saturated heterocycles. The van der Waals surface area contributed by atoms with Crippen LogP contribution in [0, 0.1) is 5.41 Å². The predicted molar refractivity (Wildman–Crippen MR) is 228 cm³/mol. The fourth-order valence-electron chi connectivity index (χ4n) is 8.17. The number of carbonyl (C=O) groups excluding carboxylic acids is 4. The largest absolute Gasteiger partial charge is 0.451 e. The Balaban J connectivity index is 0.881. The number of hydrogen-bond acceptors (Lipinski definition) is 7. The molecule has 59 heavy (non-hydrogen) atoms. The number of benzene rings is 4. The van der Waals surface area contributed by atoms with Crippen LogP contribution in [0.15, 0.2) is 139 Å². The molecule has 302 valence electrons. The summed E-state index contributed by atoms with van der Waals surface area (Å²) in [6.45, 7) is 8.16. The first-order chi connectivity index (χ1) is 28.4. The number of rotatable bonds is 15. The third kappa shape index (κ3) is 9.36. The lowest BCUT2D eigenvalue weighted by molar-refractivity contribution is -0.162. The average molecular weight is 790 g/mol. The van der Waals surface area contributed by atoms with Crippen LogP contribution in [-0.4, -0.2) is 52.3 Å². The Morgan fingerprint density at radius 3 is 2.08 bits per heavy atom. The van der Waals surface area contributed by atoms with Gasteiger partial charge in [0.1, 0.15) is 11.6 Å². The van der Waals surface area contributed by atoms with Crippen molar-refractivity contribution in [1.82, 2.24) is 15.2 Å². The van der Waals surface area contributed by atoms with Gasteiger partial charge in [-0.05, 0) is 84.6 Å². The molecule has 0 bridgehead atoms. The fraction of sp³-hybridized carbons (Fsp3) is 0.300. The van der Waals surface area contributed by atoms with Crippen molar-refractivity contribution in [2.75, 3.05) is 6.54 Å². The molecule has 0 spiro atoms. The third-order valence-electron chi connectivity index (χ3n) is 11.4. The molecule has 0 radical (unpaired) electrons. The Morgan fingerprint density at radius 2 is 1.44 bits per heavy atom. The van der Waals surface area contributed by atoms with Crippen molar-refractivity contribution in [3.63, 3.8) is 0 Å². The molecular weight excluding hydrogens is 739 g/mol. The van der Waals surface area contributed by atoms with Crippen LogP contribution in [0.3, 0.4) is 0 Å². The number of ketones is 1. The first kappa shape index (κ1) is 40.8. The van der Waals surface area contributed by atoms with E-state index >= 15 is 0 Å². The van der Waals surface area contributed by atoms with Gasteiger partial charge in [0, 0.05) is 30.3 Å². The highest BCUT2D eigenvalue weighted by molar-refractivity contribution is 6.08. The molecule has 2 atom stereocenters. The second-order valence-corrected chi connectivity index (χ2v) is 16.5. The van der Waals surface area contributed by atoms with Crippen LogP contribution < -0.4 is 5.32 Å². The summed E-state index contributed by atoms with van der Waals surface area (Å²) < 4.78 is 12.0. The number of nitrogens with one attached hydrogen (secondary N) is 1. The van der Waals surface area contributed by atoms with Crippen molar-refractivity contribution in [3.05, 3.63) is 167 Å². The first-order valence-electron chi connectivity index (χ1n) is 20.4. The van der Waals surface area contributed by atoms with Crippen LogP contribution in [-0.2, 0) is 24.7 Å². The van der Waals surface area contributed by atoms with Gasteiger partial charge in [0.2, 0.25) is 0 Å². The van der Waals surface area contributed by atoms with E-state index in [1.807, 2.05) is 131 Å². The predicted octanol–water partition coefficient (Wildman–Crippen LogP) is 9.88. The monoisotopic (exact) mass is 789 g/mol. The zero-order valence-corrected chi connectivity index (χ0v) is 34.1. The lowest BCUT2D eigenvalue weighted by Gasteiger charge is -2.41. The van der Waals surface area contributed by atoms with Crippen LogP contribution in [0.2, 0.25) is 0 Å². The van der Waals surface area contributed by atoms with Gasteiger partial charge in [-0.3, -0.25) is 14.6 Å². The van der Waals surface area contributed by atoms with Crippen LogP contribution in [0.25, 0.3) is 17.2 Å². The molecule has 1 unspecified atom stereocenters. The zero-order chi connectivity index (χ0) is 41.6. The van der Waals surface area contributed by atoms with E-state index in [9.17, 15) is 19.2 Å². The van der Waals surface area contributed by atoms with Gasteiger partial charge >= 0.3 is 12.1 Å². The van der Waals surface area contributed by atoms with E-state index in [0.29, 0.717) is 49.1 Å². The number of Topliss-reactive ketones (excluding diaryl/α,β-unsaturated/α-hetero) is 1. The van der Waals surface area contributed by atoms with Gasteiger partial charge in [-0.2, -0.15) is 0 Å². The summed E-state index contributed by atoms with van der Waals surface area (Å²) in [5, 5.41) is 2.84. The number of carbonyl (C=O) groups is 4. The molecular formula is C50H51N3O6. The molecule has 4 aromatic carbocycles. The number of hydrogen-bond donors (Lipinski definition) is 1. The number of aromatic nitrogens is 1. The molecule has 5 aromatic rings. The van der Waals surface area contributed by atoms with Gasteiger partial charge < -0.3 is 19.7 Å². The molecule has 1 aromatic heterocycles. The van der Waals surface area contributed by atoms with Crippen molar-refractivity contribution in [1.29, 1.82) is 0 Å². The maximum Gasteiger partial charge on any atom is 0.408 e. The third-order valence-corrected chi connectivity index (χ3v) is 11.4. The molecule has 0 saturated carbocycles. The van der Waals surface area contributed by atoms with Gasteiger partial charge in [0.05, 0.1) is 11.7 Å². The van der Waals surface area contributed by atoms with E-state index in [0.717, 1.165) is 34.2 Å². The van der Waals surface area contributed by atoms with E-state index in [-0.39, 0.29) is 17.7 Å². The van der Waals surface area contributed by atoms with Crippen LogP contribution in [0.5, 0.6) is 0 Å². The normalized spacial score (nSPS) is 17.6. The number of alkyl carbamates (subject to hydrolysis) is 1. The topological polar surface area (TPSA) is 115 Å². The van der Waals surface area contributed by atoms with E-state index in [4.69, 9.17) is 9.47 Å². The van der Waals surface area contributed by atoms with Crippen molar-refractivity contribution in [2.45, 2.75) is 83.6 Å². The van der Waals surface area contributed by atoms with Gasteiger partial charge in [-0.15, -0.1) is 0 Å². The van der Waals surface area contributed by atoms with Crippen molar-refractivity contribution in [2.24, 2.45) is 5.41 Å². The Labute approximate surface area is 346 Å². The SMILES string of the molecule is CC(C)(OC(=O)NCCCCCC(=O)c1ccnc(/C=C2/C(=O)N3C2CC(C)(C)[C@@H]3C(=O)OC(c2ccccc2)c2ccccc2)c1)c1ccc(-c2ccccc2)cc1. The van der Waals surface area contributed by atoms with Crippen molar-refractivity contribution >= 4 is 29.8 Å². The average Bonchev–Trinajstić information content (AvgIpc) is 3.51. The number of unbranched alkanes of at least 4 members (excludes halogenated alkanes) is 2. The van der Waals surface area contributed by atoms with E-state index < -0.39 is 35.2 Å². The first-order valence-corrected chi connectivity index (χ1v) is 20.4. The second-order valence-electron chi connectivity index (χ2n) is 16.5. The van der Waals surface area contributed by atoms with E-state index in [1.54, 1.807) is 29.3 Å². The number of pyridine rings is 1. The Bertz CT molecular complexity index is 2270. The molecule has 9 heteroatoms. The summed E-state index contributed by atoms with van der Waals surface area (Å²) in [4.78, 5) is 59.5. The summed E-state index contributed by atoms with van der Waals surface area (Å²) >= 11 is 0. The van der Waals surface area contributed by atoms with Crippen molar-refractivity contribution < 1.29 is 28.7 Å². The van der Waals surface area contributed by atoms with Crippen LogP contribution in [0.1, 0.15) is 98.6 Å². The molecule has 2 aliphatic rings. The molecule has 2 fully saturated rings. The number of ether oxygens (including phenoxy) is 2. The van der Waals surface area contributed by atoms with Gasteiger partial charge in [-0.1, -0.05) is 136 Å². The zero-order valence-electron chi connectivity index (χ0n) is 34.1. The smallest absolute Gasteiger partial charge is 0.408 e. The highest BCUT2D eigenvalue weighted by Gasteiger charge is 2.61. The summed E-state index contributed by atoms with van der Waals surface area (Å²) in [7, 11) is 0. The lowest BCUT2D eigenvalue weighted by Crippen LogP contribution is -2.58. The van der Waals surface area contributed by atoms with Crippen LogP contribution >= 0.6 is 0 Å². The van der Waals surface area contributed by atoms with Gasteiger partial charge in [0.25, 0.3) is 5.91 Å². The Kier molecular flexibility index (Phi) is 12.2. The molecule has 0 aliphatic carbocycles. The van der Waals surface area contributed by atoms with Crippen molar-refractivity contribution in [3.8, 4) is 11.1 Å². The molecule has 7 rings (SSSR count). The Hall–Kier alpha value is -6.35. The molecule has 2 amide bonds. The highest BCUT2D eigenvalue weighted by atomic mass is 16.6. The molecule has 1 N–H and O–H groups in total. The maximum atomic E-state index is 13.9. The summed E-state index contributed by atoms with van der Waals surface area (Å²) in [5.41, 5.74) is 5.10. The van der Waals surface area contributed by atoms with Gasteiger partial charge in [0.15, 0.2) is 11.9 Å². The molecule has 9 nitrogen and oxygen atoms in total. The number of fused-ring (bicyclic) bond motifs is 1. The quantitative estimate of drug-likeness (QED) is 0.0369. The Morgan fingerprint density at radius 1 is 0.831 bits per heavy atom. The maximum absolute atomic E-state index is 13.9. The minimum absolute atomic E-state index is 0.0165. The fourth-order valence-corrected chi connectivity index (χ4v) is 8.17. The highest BCUT2D eigenvalue weighted by Crippen LogP contribution is 2.50. The number of amides is 2. The number of nitrogens with zero attached hydrogens (tertiary/aromatic N) is 2. The number of esters is 1. The summed E-state index contributed by atoms with van der Waals surface area (Å²) in [6, 6.07) is 39.8. The standard InChI is InChI=1S/C50H51N3O6/c1-49(2)33-42-41(46(55)53(42)45(49)47(56)58-44(36-19-11-6-12-20-36)37-21-13-7-14-22-37)32-40-31-38(28-30-51-40)43(54)23-15-8-16-29-52-48(57)59-50(3,4)39-26-24-35(25-27-39)34-17-9-5-10-18-34/h5-7,9-14,17-22,24-28,30-32,42,44-45H,8,15-16,23,29,33H2,1-4H3,(H,52,57)/b41-32+/t42?,45-/m0/s1. The minimum atomic E-state index is -0.810. The minimum Gasteiger partial charge on any atom is -0.451 e. The van der Waals surface area contributed by atoms with E-state index in [2.05, 4.69) is 22.4 Å². The molecule has 3 heterocycles. The summed E-state index contributed by atoms with van der Waals surface area (Å²) in [6.07, 6.45) is 5.28. The lowest BCUT2D eigenvalue weighted by atomic mass is 9.83. The number of β-lactam (4-membered cyclic amide) rings is 1. The summed E-state index contributed by atoms with van der Waals surface area (Å²) in [5.74, 6) is -0.679. The molecule has 2 aliphatic heterocycles. The van der Waals surface area contributed by atoms with Gasteiger partial charge in [-0.25, -0.2) is 9.59 Å². The van der Waals surface area contributed by atoms with E-state index in [1.165, 1.54) is 0 Å². The second kappa shape index (κ2) is 17.6.